The summed E-state index contributed by atoms with van der Waals surface area (Å²) in [6.07, 6.45) is 1.63. The summed E-state index contributed by atoms with van der Waals surface area (Å²) in [6, 6.07) is 0. The van der Waals surface area contributed by atoms with Crippen molar-refractivity contribution in [3.05, 3.63) is 5.56 Å². The molecule has 0 N–H and O–H groups in total. The molecule has 0 aromatic carbocycles. The van der Waals surface area contributed by atoms with E-state index < -0.39 is 9.84 Å². The minimum absolute atomic E-state index is 0.231. The molecule has 16 heavy (non-hydrogen) atoms. The van der Waals surface area contributed by atoms with Crippen molar-refractivity contribution in [3.63, 3.8) is 0 Å². The molecule has 0 aliphatic carbocycles. The van der Waals surface area contributed by atoms with Gasteiger partial charge in [-0.25, -0.2) is 8.42 Å². The third-order valence-electron chi connectivity index (χ3n) is 1.98. The first kappa shape index (κ1) is 12.7. The molecule has 6 nitrogen and oxygen atoms in total. The van der Waals surface area contributed by atoms with Crippen LogP contribution in [0, 0.1) is 0 Å². The molecule has 0 fully saturated rings. The predicted molar refractivity (Wildman–Crippen MR) is 57.6 cm³/mol. The Kier molecular flexibility index (Phi) is 3.69. The molecule has 1 rings (SSSR count). The zero-order valence-electron chi connectivity index (χ0n) is 9.64. The zero-order valence-corrected chi connectivity index (χ0v) is 10.5. The van der Waals surface area contributed by atoms with Crippen LogP contribution < -0.4 is 9.47 Å². The van der Waals surface area contributed by atoms with Gasteiger partial charge >= 0.3 is 0 Å². The fourth-order valence-electron chi connectivity index (χ4n) is 1.23. The summed E-state index contributed by atoms with van der Waals surface area (Å²) < 4.78 is 32.7. The summed E-state index contributed by atoms with van der Waals surface area (Å²) >= 11 is 0. The van der Waals surface area contributed by atoms with E-state index in [0.29, 0.717) is 12.0 Å². The molecular weight excluding hydrogens is 232 g/mol. The van der Waals surface area contributed by atoms with E-state index >= 15 is 0 Å². The minimum Gasteiger partial charge on any atom is -0.481 e. The van der Waals surface area contributed by atoms with E-state index in [0.717, 1.165) is 6.26 Å². The van der Waals surface area contributed by atoms with Crippen molar-refractivity contribution in [1.29, 1.82) is 0 Å². The van der Waals surface area contributed by atoms with Gasteiger partial charge in [0.1, 0.15) is 0 Å². The van der Waals surface area contributed by atoms with E-state index in [2.05, 4.69) is 9.97 Å². The zero-order chi connectivity index (χ0) is 12.3. The van der Waals surface area contributed by atoms with E-state index in [1.807, 2.05) is 6.92 Å². The third kappa shape index (κ3) is 2.41. The molecule has 0 amide bonds. The number of ether oxygens (including phenoxy) is 2. The molecule has 0 saturated heterocycles. The van der Waals surface area contributed by atoms with Crippen molar-refractivity contribution < 1.29 is 17.9 Å². The quantitative estimate of drug-likeness (QED) is 0.718. The maximum atomic E-state index is 11.3. The molecule has 0 bridgehead atoms. The van der Waals surface area contributed by atoms with Gasteiger partial charge in [-0.2, -0.15) is 9.97 Å². The van der Waals surface area contributed by atoms with Crippen LogP contribution in [0.4, 0.5) is 0 Å². The number of rotatable bonds is 4. The Labute approximate surface area is 94.5 Å². The fourth-order valence-corrected chi connectivity index (χ4v) is 1.73. The second-order valence-electron chi connectivity index (χ2n) is 3.13. The predicted octanol–water partition coefficient (Wildman–Crippen LogP) is 0.460. The molecule has 0 saturated carbocycles. The molecule has 1 aromatic rings. The molecule has 0 atom stereocenters. The number of hydrogen-bond donors (Lipinski definition) is 0. The second-order valence-corrected chi connectivity index (χ2v) is 5.04. The topological polar surface area (TPSA) is 78.4 Å². The standard InChI is InChI=1S/C9H14N2O4S/c1-5-6-7(14-2)10-9(16(4,12)13)11-8(6)15-3/h5H2,1-4H3. The number of aromatic nitrogens is 2. The van der Waals surface area contributed by atoms with E-state index in [1.165, 1.54) is 14.2 Å². The lowest BCUT2D eigenvalue weighted by Gasteiger charge is -2.10. The molecule has 0 aliphatic rings. The van der Waals surface area contributed by atoms with E-state index in [9.17, 15) is 8.42 Å². The molecule has 0 radical (unpaired) electrons. The highest BCUT2D eigenvalue weighted by Gasteiger charge is 2.19. The van der Waals surface area contributed by atoms with Crippen molar-refractivity contribution in [2.45, 2.75) is 18.5 Å². The number of methoxy groups -OCH3 is 2. The van der Waals surface area contributed by atoms with Gasteiger partial charge in [0, 0.05) is 6.26 Å². The van der Waals surface area contributed by atoms with Crippen molar-refractivity contribution >= 4 is 9.84 Å². The van der Waals surface area contributed by atoms with Gasteiger partial charge in [-0.05, 0) is 6.42 Å². The molecule has 7 heteroatoms. The number of hydrogen-bond acceptors (Lipinski definition) is 6. The van der Waals surface area contributed by atoms with Crippen LogP contribution in [0.15, 0.2) is 5.16 Å². The first-order valence-electron chi connectivity index (χ1n) is 4.63. The van der Waals surface area contributed by atoms with Crippen LogP contribution in [0.5, 0.6) is 11.8 Å². The molecular formula is C9H14N2O4S. The lowest BCUT2D eigenvalue weighted by atomic mass is 10.2. The first-order chi connectivity index (χ1) is 7.43. The third-order valence-corrected chi connectivity index (χ3v) is 2.83. The summed E-state index contributed by atoms with van der Waals surface area (Å²) in [5.41, 5.74) is 0.650. The van der Waals surface area contributed by atoms with Crippen molar-refractivity contribution in [3.8, 4) is 11.8 Å². The maximum Gasteiger partial charge on any atom is 0.253 e. The normalized spacial score (nSPS) is 11.2. The molecule has 0 spiro atoms. The van der Waals surface area contributed by atoms with Gasteiger partial charge in [-0.3, -0.25) is 0 Å². The number of sulfone groups is 1. The van der Waals surface area contributed by atoms with Crippen molar-refractivity contribution in [2.75, 3.05) is 20.5 Å². The van der Waals surface area contributed by atoms with Crippen LogP contribution in [-0.4, -0.2) is 38.9 Å². The molecule has 0 unspecified atom stereocenters. The second kappa shape index (κ2) is 4.65. The van der Waals surface area contributed by atoms with Crippen LogP contribution in [0.1, 0.15) is 12.5 Å². The Morgan fingerprint density at radius 3 is 1.81 bits per heavy atom. The SMILES string of the molecule is CCc1c(OC)nc(S(C)(=O)=O)nc1OC. The van der Waals surface area contributed by atoms with E-state index in [1.54, 1.807) is 0 Å². The average Bonchev–Trinajstić information content (AvgIpc) is 2.25. The molecule has 0 aliphatic heterocycles. The highest BCUT2D eigenvalue weighted by Crippen LogP contribution is 2.26. The van der Waals surface area contributed by atoms with E-state index in [-0.39, 0.29) is 16.9 Å². The maximum absolute atomic E-state index is 11.3. The summed E-state index contributed by atoms with van der Waals surface area (Å²) in [5.74, 6) is 0.463. The van der Waals surface area contributed by atoms with Gasteiger partial charge < -0.3 is 9.47 Å². The smallest absolute Gasteiger partial charge is 0.253 e. The summed E-state index contributed by atoms with van der Waals surface area (Å²) in [7, 11) is -0.628. The minimum atomic E-state index is -3.48. The van der Waals surface area contributed by atoms with Gasteiger partial charge in [0.25, 0.3) is 5.16 Å². The highest BCUT2D eigenvalue weighted by atomic mass is 32.2. The van der Waals surface area contributed by atoms with Gasteiger partial charge in [0.2, 0.25) is 21.6 Å². The van der Waals surface area contributed by atoms with E-state index in [4.69, 9.17) is 9.47 Å². The Hall–Kier alpha value is -1.37. The molecule has 90 valence electrons. The van der Waals surface area contributed by atoms with Gasteiger partial charge in [-0.15, -0.1) is 0 Å². The van der Waals surface area contributed by atoms with Crippen LogP contribution in [-0.2, 0) is 16.3 Å². The molecule has 1 heterocycles. The van der Waals surface area contributed by atoms with Crippen molar-refractivity contribution in [1.82, 2.24) is 9.97 Å². The van der Waals surface area contributed by atoms with Crippen LogP contribution in [0.2, 0.25) is 0 Å². The summed E-state index contributed by atoms with van der Waals surface area (Å²) in [5, 5.41) is -0.293. The molecule has 1 aromatic heterocycles. The monoisotopic (exact) mass is 246 g/mol. The Balaban J connectivity index is 3.49. The lowest BCUT2D eigenvalue weighted by molar-refractivity contribution is 0.354. The Bertz CT molecular complexity index is 459. The summed E-state index contributed by atoms with van der Waals surface area (Å²) in [6.45, 7) is 1.88. The number of nitrogens with zero attached hydrogens (tertiary/aromatic N) is 2. The Morgan fingerprint density at radius 1 is 1.12 bits per heavy atom. The van der Waals surface area contributed by atoms with Crippen LogP contribution in [0.3, 0.4) is 0 Å². The largest absolute Gasteiger partial charge is 0.481 e. The van der Waals surface area contributed by atoms with Crippen LogP contribution >= 0.6 is 0 Å². The van der Waals surface area contributed by atoms with Gasteiger partial charge in [0.15, 0.2) is 0 Å². The Morgan fingerprint density at radius 2 is 1.56 bits per heavy atom. The van der Waals surface area contributed by atoms with Gasteiger partial charge in [0.05, 0.1) is 19.8 Å². The first-order valence-corrected chi connectivity index (χ1v) is 6.52. The lowest BCUT2D eigenvalue weighted by Crippen LogP contribution is -2.09. The fraction of sp³-hybridized carbons (Fsp3) is 0.556. The summed E-state index contributed by atoms with van der Waals surface area (Å²) in [4.78, 5) is 7.68. The van der Waals surface area contributed by atoms with Crippen molar-refractivity contribution in [2.24, 2.45) is 0 Å². The highest BCUT2D eigenvalue weighted by molar-refractivity contribution is 7.90. The van der Waals surface area contributed by atoms with Gasteiger partial charge in [-0.1, -0.05) is 6.92 Å². The van der Waals surface area contributed by atoms with Crippen LogP contribution in [0.25, 0.3) is 0 Å². The average molecular weight is 246 g/mol.